The minimum atomic E-state index is -0.511. The Morgan fingerprint density at radius 2 is 1.68 bits per heavy atom. The maximum atomic E-state index is 11.9. The molecule has 3 nitrogen and oxygen atoms in total. The van der Waals surface area contributed by atoms with E-state index < -0.39 is 5.97 Å². The van der Waals surface area contributed by atoms with Gasteiger partial charge in [0.25, 0.3) is 0 Å². The molecule has 0 saturated heterocycles. The monoisotopic (exact) mass is 274 g/mol. The highest BCUT2D eigenvalue weighted by Gasteiger charge is 2.10. The first-order valence-electron chi connectivity index (χ1n) is 5.65. The third-order valence-electron chi connectivity index (χ3n) is 2.51. The number of hydrogen-bond acceptors (Lipinski definition) is 3. The van der Waals surface area contributed by atoms with Gasteiger partial charge in [-0.3, -0.25) is 4.79 Å². The van der Waals surface area contributed by atoms with E-state index in [1.165, 1.54) is 19.1 Å². The Morgan fingerprint density at radius 3 is 2.37 bits per heavy atom. The summed E-state index contributed by atoms with van der Waals surface area (Å²) in [7, 11) is 0. The zero-order chi connectivity index (χ0) is 13.8. The van der Waals surface area contributed by atoms with Crippen molar-refractivity contribution in [2.75, 3.05) is 0 Å². The van der Waals surface area contributed by atoms with Crippen molar-refractivity contribution in [1.82, 2.24) is 0 Å². The molecule has 0 aliphatic carbocycles. The number of carbonyl (C=O) groups excluding carboxylic acids is 2. The lowest BCUT2D eigenvalue weighted by molar-refractivity contribution is 0.0733. The molecule has 0 aliphatic rings. The summed E-state index contributed by atoms with van der Waals surface area (Å²) in [6.07, 6.45) is 0. The molecule has 0 aliphatic heterocycles. The van der Waals surface area contributed by atoms with E-state index in [4.69, 9.17) is 16.3 Å². The van der Waals surface area contributed by atoms with E-state index >= 15 is 0 Å². The van der Waals surface area contributed by atoms with E-state index in [1.54, 1.807) is 36.4 Å². The van der Waals surface area contributed by atoms with Gasteiger partial charge in [0.1, 0.15) is 5.75 Å². The highest BCUT2D eigenvalue weighted by molar-refractivity contribution is 6.30. The fourth-order valence-electron chi connectivity index (χ4n) is 1.56. The van der Waals surface area contributed by atoms with Crippen molar-refractivity contribution < 1.29 is 14.3 Å². The van der Waals surface area contributed by atoms with Crippen molar-refractivity contribution in [3.8, 4) is 5.75 Å². The highest BCUT2D eigenvalue weighted by Crippen LogP contribution is 2.17. The maximum Gasteiger partial charge on any atom is 0.343 e. The molecule has 0 heterocycles. The fraction of sp³-hybridized carbons (Fsp3) is 0.0667. The smallest absolute Gasteiger partial charge is 0.343 e. The first-order valence-corrected chi connectivity index (χ1v) is 6.03. The molecule has 0 unspecified atom stereocenters. The maximum absolute atomic E-state index is 11.9. The second-order valence-electron chi connectivity index (χ2n) is 3.98. The molecule has 0 fully saturated rings. The molecule has 2 aromatic rings. The molecule has 96 valence electrons. The predicted octanol–water partition coefficient (Wildman–Crippen LogP) is 3.76. The van der Waals surface area contributed by atoms with Gasteiger partial charge in [0.05, 0.1) is 5.56 Å². The number of esters is 1. The fourth-order valence-corrected chi connectivity index (χ4v) is 1.75. The first kappa shape index (κ1) is 13.3. The van der Waals surface area contributed by atoms with Gasteiger partial charge in [-0.05, 0) is 37.3 Å². The number of halogens is 1. The van der Waals surface area contributed by atoms with Gasteiger partial charge < -0.3 is 4.74 Å². The van der Waals surface area contributed by atoms with Gasteiger partial charge in [-0.2, -0.15) is 0 Å². The van der Waals surface area contributed by atoms with Gasteiger partial charge in [-0.25, -0.2) is 4.79 Å². The van der Waals surface area contributed by atoms with Crippen molar-refractivity contribution in [2.24, 2.45) is 0 Å². The SMILES string of the molecule is CC(=O)c1cccc(OC(=O)c2cccc(Cl)c2)c1. The Bertz CT molecular complexity index is 635. The van der Waals surface area contributed by atoms with E-state index in [9.17, 15) is 9.59 Å². The van der Waals surface area contributed by atoms with Crippen LogP contribution in [-0.2, 0) is 0 Å². The van der Waals surface area contributed by atoms with Crippen LogP contribution in [0.3, 0.4) is 0 Å². The summed E-state index contributed by atoms with van der Waals surface area (Å²) in [5, 5.41) is 0.465. The largest absolute Gasteiger partial charge is 0.423 e. The Labute approximate surface area is 115 Å². The van der Waals surface area contributed by atoms with Crippen LogP contribution in [0.2, 0.25) is 5.02 Å². The number of carbonyl (C=O) groups is 2. The zero-order valence-electron chi connectivity index (χ0n) is 10.2. The van der Waals surface area contributed by atoms with Gasteiger partial charge in [-0.1, -0.05) is 29.8 Å². The normalized spacial score (nSPS) is 10.0. The van der Waals surface area contributed by atoms with E-state index in [1.807, 2.05) is 0 Å². The van der Waals surface area contributed by atoms with Gasteiger partial charge in [-0.15, -0.1) is 0 Å². The second kappa shape index (κ2) is 5.67. The Hall–Kier alpha value is -2.13. The van der Waals surface area contributed by atoms with Gasteiger partial charge >= 0.3 is 5.97 Å². The number of ether oxygens (including phenoxy) is 1. The van der Waals surface area contributed by atoms with Gasteiger partial charge in [0.15, 0.2) is 5.78 Å². The van der Waals surface area contributed by atoms with Crippen LogP contribution >= 0.6 is 11.6 Å². The number of hydrogen-bond donors (Lipinski definition) is 0. The van der Waals surface area contributed by atoms with Crippen molar-refractivity contribution in [1.29, 1.82) is 0 Å². The molecule has 0 bridgehead atoms. The molecule has 2 rings (SSSR count). The zero-order valence-corrected chi connectivity index (χ0v) is 11.0. The summed E-state index contributed by atoms with van der Waals surface area (Å²) in [5.41, 5.74) is 0.858. The molecule has 0 atom stereocenters. The molecule has 19 heavy (non-hydrogen) atoms. The number of Topliss-reactive ketones (excluding diaryl/α,β-unsaturated/α-hetero) is 1. The lowest BCUT2D eigenvalue weighted by atomic mass is 10.1. The lowest BCUT2D eigenvalue weighted by Crippen LogP contribution is -2.08. The third-order valence-corrected chi connectivity index (χ3v) is 2.75. The number of benzene rings is 2. The van der Waals surface area contributed by atoms with Crippen LogP contribution in [0.1, 0.15) is 27.6 Å². The molecule has 0 N–H and O–H groups in total. The molecule has 4 heteroatoms. The predicted molar refractivity (Wildman–Crippen MR) is 72.9 cm³/mol. The number of ketones is 1. The van der Waals surface area contributed by atoms with Gasteiger partial charge in [0, 0.05) is 10.6 Å². The van der Waals surface area contributed by atoms with Crippen LogP contribution in [-0.4, -0.2) is 11.8 Å². The van der Waals surface area contributed by atoms with Gasteiger partial charge in [0.2, 0.25) is 0 Å². The standard InChI is InChI=1S/C15H11ClO3/c1-10(17)11-4-3-7-14(9-11)19-15(18)12-5-2-6-13(16)8-12/h2-9H,1H3. The molecular formula is C15H11ClO3. The Balaban J connectivity index is 2.19. The summed E-state index contributed by atoms with van der Waals surface area (Å²) in [5.74, 6) is -0.262. The minimum Gasteiger partial charge on any atom is -0.423 e. The summed E-state index contributed by atoms with van der Waals surface area (Å²) in [6.45, 7) is 1.46. The minimum absolute atomic E-state index is 0.0827. The van der Waals surface area contributed by atoms with E-state index in [0.717, 1.165) is 0 Å². The molecule has 0 amide bonds. The molecular weight excluding hydrogens is 264 g/mol. The Morgan fingerprint density at radius 1 is 1.00 bits per heavy atom. The van der Waals surface area contributed by atoms with E-state index in [-0.39, 0.29) is 5.78 Å². The van der Waals surface area contributed by atoms with Crippen molar-refractivity contribution in [2.45, 2.75) is 6.92 Å². The van der Waals surface area contributed by atoms with E-state index in [0.29, 0.717) is 21.9 Å². The van der Waals surface area contributed by atoms with Crippen LogP contribution < -0.4 is 4.74 Å². The van der Waals surface area contributed by atoms with Crippen LogP contribution in [0.25, 0.3) is 0 Å². The summed E-state index contributed by atoms with van der Waals surface area (Å²) < 4.78 is 5.20. The van der Waals surface area contributed by atoms with Crippen LogP contribution in [0, 0.1) is 0 Å². The molecule has 0 spiro atoms. The average molecular weight is 275 g/mol. The highest BCUT2D eigenvalue weighted by atomic mass is 35.5. The van der Waals surface area contributed by atoms with Crippen molar-refractivity contribution in [3.63, 3.8) is 0 Å². The van der Waals surface area contributed by atoms with Crippen LogP contribution in [0.15, 0.2) is 48.5 Å². The second-order valence-corrected chi connectivity index (χ2v) is 4.42. The summed E-state index contributed by atoms with van der Waals surface area (Å²) in [4.78, 5) is 23.1. The topological polar surface area (TPSA) is 43.4 Å². The van der Waals surface area contributed by atoms with Crippen molar-refractivity contribution >= 4 is 23.4 Å². The van der Waals surface area contributed by atoms with E-state index in [2.05, 4.69) is 0 Å². The number of rotatable bonds is 3. The Kier molecular flexibility index (Phi) is 3.97. The molecule has 2 aromatic carbocycles. The first-order chi connectivity index (χ1) is 9.06. The van der Waals surface area contributed by atoms with Crippen LogP contribution in [0.5, 0.6) is 5.75 Å². The average Bonchev–Trinajstić information content (AvgIpc) is 2.39. The van der Waals surface area contributed by atoms with Crippen molar-refractivity contribution in [3.05, 3.63) is 64.7 Å². The lowest BCUT2D eigenvalue weighted by Gasteiger charge is -2.05. The summed E-state index contributed by atoms with van der Waals surface area (Å²) >= 11 is 5.81. The quantitative estimate of drug-likeness (QED) is 0.486. The molecule has 0 aromatic heterocycles. The molecule has 0 saturated carbocycles. The van der Waals surface area contributed by atoms with Crippen LogP contribution in [0.4, 0.5) is 0 Å². The third kappa shape index (κ3) is 3.42. The summed E-state index contributed by atoms with van der Waals surface area (Å²) in [6, 6.07) is 13.0. The molecule has 0 radical (unpaired) electrons.